The van der Waals surface area contributed by atoms with Crippen LogP contribution in [0.1, 0.15) is 59.3 Å². The lowest BCUT2D eigenvalue weighted by Gasteiger charge is -2.60. The normalized spacial score (nSPS) is 47.9. The van der Waals surface area contributed by atoms with Crippen molar-refractivity contribution in [1.82, 2.24) is 0 Å². The van der Waals surface area contributed by atoms with Crippen molar-refractivity contribution in [2.75, 3.05) is 26.4 Å². The lowest BCUT2D eigenvalue weighted by molar-refractivity contribution is -0.313. The smallest absolute Gasteiger partial charge is 0.187 e. The summed E-state index contributed by atoms with van der Waals surface area (Å²) >= 11 is 0. The molecule has 15 atom stereocenters. The van der Waals surface area contributed by atoms with Crippen molar-refractivity contribution in [2.24, 2.45) is 22.7 Å². The van der Waals surface area contributed by atoms with E-state index in [9.17, 15) is 46.0 Å². The third-order valence-electron chi connectivity index (χ3n) is 11.1. The van der Waals surface area contributed by atoms with Gasteiger partial charge in [-0.2, -0.15) is 0 Å². The standard InChI is InChI=1S/C32H54O13/c1-16(10-12-42-29-27(40)25(38)23(36)19(13-33)44-29)5-7-18-17(2)6-8-21-31(18,3)11-9-22(35)32(21,4)15-43-30-28(41)26(39)24(37)20(14-34)45-30/h10,18-30,33-41H,2,5-9,11-15H2,1,3-4H3/b16-10+/t18-,19-,20-,21+,22-,23-,24-,25+,26+,27-,28-,29-,30-,31+,32-/m1/s1. The monoisotopic (exact) mass is 646 g/mol. The van der Waals surface area contributed by atoms with E-state index in [1.165, 1.54) is 0 Å². The fourth-order valence-corrected chi connectivity index (χ4v) is 8.15. The van der Waals surface area contributed by atoms with Crippen LogP contribution >= 0.6 is 0 Å². The molecule has 2 saturated heterocycles. The van der Waals surface area contributed by atoms with Crippen molar-refractivity contribution < 1.29 is 64.9 Å². The molecule has 2 aliphatic carbocycles. The second-order valence-corrected chi connectivity index (χ2v) is 14.0. The highest BCUT2D eigenvalue weighted by molar-refractivity contribution is 5.18. The van der Waals surface area contributed by atoms with Gasteiger partial charge in [0.15, 0.2) is 12.6 Å². The Morgan fingerprint density at radius 3 is 1.96 bits per heavy atom. The quantitative estimate of drug-likeness (QED) is 0.124. The topological polar surface area (TPSA) is 219 Å². The van der Waals surface area contributed by atoms with Crippen LogP contribution in [-0.4, -0.2) is 140 Å². The predicted molar refractivity (Wildman–Crippen MR) is 159 cm³/mol. The van der Waals surface area contributed by atoms with Gasteiger partial charge in [-0.25, -0.2) is 0 Å². The molecule has 2 saturated carbocycles. The first-order chi connectivity index (χ1) is 21.2. The molecule has 13 nitrogen and oxygen atoms in total. The van der Waals surface area contributed by atoms with Crippen LogP contribution in [0.4, 0.5) is 0 Å². The summed E-state index contributed by atoms with van der Waals surface area (Å²) in [5, 5.41) is 91.2. The number of ether oxygens (including phenoxy) is 4. The molecule has 9 N–H and O–H groups in total. The molecule has 45 heavy (non-hydrogen) atoms. The lowest BCUT2D eigenvalue weighted by atomic mass is 9.46. The number of hydrogen-bond donors (Lipinski definition) is 9. The number of rotatable bonds is 11. The van der Waals surface area contributed by atoms with Crippen molar-refractivity contribution in [3.8, 4) is 0 Å². The van der Waals surface area contributed by atoms with Crippen molar-refractivity contribution in [3.05, 3.63) is 23.8 Å². The minimum Gasteiger partial charge on any atom is -0.394 e. The van der Waals surface area contributed by atoms with Crippen LogP contribution in [0.3, 0.4) is 0 Å². The van der Waals surface area contributed by atoms with E-state index in [1.54, 1.807) is 0 Å². The summed E-state index contributed by atoms with van der Waals surface area (Å²) < 4.78 is 22.6. The number of allylic oxidation sites excluding steroid dienone is 2. The number of hydrogen-bond acceptors (Lipinski definition) is 13. The maximum absolute atomic E-state index is 11.3. The molecule has 0 amide bonds. The molecule has 2 heterocycles. The van der Waals surface area contributed by atoms with Crippen molar-refractivity contribution in [1.29, 1.82) is 0 Å². The fraction of sp³-hybridized carbons (Fsp3) is 0.875. The Morgan fingerprint density at radius 1 is 0.844 bits per heavy atom. The summed E-state index contributed by atoms with van der Waals surface area (Å²) in [6.07, 6.45) is -7.84. The third kappa shape index (κ3) is 7.36. The first-order valence-corrected chi connectivity index (χ1v) is 16.0. The van der Waals surface area contributed by atoms with E-state index in [0.717, 1.165) is 43.3 Å². The third-order valence-corrected chi connectivity index (χ3v) is 11.1. The molecule has 0 aromatic carbocycles. The van der Waals surface area contributed by atoms with E-state index in [0.29, 0.717) is 6.42 Å². The molecule has 0 bridgehead atoms. The van der Waals surface area contributed by atoms with Gasteiger partial charge in [-0.05, 0) is 62.7 Å². The van der Waals surface area contributed by atoms with Crippen molar-refractivity contribution >= 4 is 0 Å². The molecule has 0 spiro atoms. The van der Waals surface area contributed by atoms with Crippen molar-refractivity contribution in [3.63, 3.8) is 0 Å². The highest BCUT2D eigenvalue weighted by Gasteiger charge is 2.58. The molecule has 260 valence electrons. The summed E-state index contributed by atoms with van der Waals surface area (Å²) in [5.74, 6) is 0.206. The maximum Gasteiger partial charge on any atom is 0.187 e. The minimum absolute atomic E-state index is 0.0462. The van der Waals surface area contributed by atoms with Crippen LogP contribution in [0.2, 0.25) is 0 Å². The van der Waals surface area contributed by atoms with E-state index in [-0.39, 0.29) is 30.5 Å². The zero-order valence-electron chi connectivity index (χ0n) is 26.5. The Labute approximate surface area is 264 Å². The van der Waals surface area contributed by atoms with Gasteiger partial charge in [-0.1, -0.05) is 37.6 Å². The molecule has 0 aromatic heterocycles. The molecule has 2 aliphatic heterocycles. The van der Waals surface area contributed by atoms with Gasteiger partial charge in [-0.15, -0.1) is 0 Å². The molecule has 13 heteroatoms. The van der Waals surface area contributed by atoms with Crippen LogP contribution in [0.15, 0.2) is 23.8 Å². The second kappa shape index (κ2) is 15.0. The average molecular weight is 647 g/mol. The van der Waals surface area contributed by atoms with Gasteiger partial charge < -0.3 is 64.9 Å². The summed E-state index contributed by atoms with van der Waals surface area (Å²) in [7, 11) is 0. The number of aliphatic hydroxyl groups is 9. The van der Waals surface area contributed by atoms with Crippen LogP contribution in [0, 0.1) is 22.7 Å². The van der Waals surface area contributed by atoms with Gasteiger partial charge in [0.1, 0.15) is 48.8 Å². The van der Waals surface area contributed by atoms with Crippen LogP contribution in [-0.2, 0) is 18.9 Å². The summed E-state index contributed by atoms with van der Waals surface area (Å²) in [5.41, 5.74) is 1.31. The summed E-state index contributed by atoms with van der Waals surface area (Å²) in [6.45, 7) is 9.69. The molecule has 0 aromatic rings. The Hall–Kier alpha value is -1.04. The molecular formula is C32H54O13. The fourth-order valence-electron chi connectivity index (χ4n) is 8.15. The SMILES string of the molecule is C=C1CC[C@@H]2[C@@](C)(CO[C@@H]3O[C@H](CO)[C@@H](O)[C@H](O)[C@H]3O)[C@H](O)CC[C@@]2(C)[C@@H]1CC/C(C)=C/CO[C@@H]1O[C@H](CO)[C@@H](O)[C@H](O)[C@H]1O. The molecule has 0 radical (unpaired) electrons. The van der Waals surface area contributed by atoms with Crippen molar-refractivity contribution in [2.45, 2.75) is 127 Å². The first-order valence-electron chi connectivity index (χ1n) is 16.0. The van der Waals surface area contributed by atoms with Gasteiger partial charge in [0.25, 0.3) is 0 Å². The average Bonchev–Trinajstić information content (AvgIpc) is 3.01. The Bertz CT molecular complexity index is 1020. The molecule has 4 aliphatic rings. The van der Waals surface area contributed by atoms with Gasteiger partial charge >= 0.3 is 0 Å². The lowest BCUT2D eigenvalue weighted by Crippen LogP contribution is -2.61. The van der Waals surface area contributed by atoms with Gasteiger partial charge in [-0.3, -0.25) is 0 Å². The van der Waals surface area contributed by atoms with E-state index < -0.39 is 86.1 Å². The first kappa shape index (κ1) is 36.8. The largest absolute Gasteiger partial charge is 0.394 e. The van der Waals surface area contributed by atoms with Crippen LogP contribution in [0.5, 0.6) is 0 Å². The van der Waals surface area contributed by atoms with Gasteiger partial charge in [0.2, 0.25) is 0 Å². The van der Waals surface area contributed by atoms with Crippen LogP contribution in [0.25, 0.3) is 0 Å². The Morgan fingerprint density at radius 2 is 1.40 bits per heavy atom. The second-order valence-electron chi connectivity index (χ2n) is 14.0. The zero-order chi connectivity index (χ0) is 33.3. The maximum atomic E-state index is 11.3. The Kier molecular flexibility index (Phi) is 12.3. The number of fused-ring (bicyclic) bond motifs is 1. The molecule has 4 fully saturated rings. The minimum atomic E-state index is -1.54. The van der Waals surface area contributed by atoms with Gasteiger partial charge in [0.05, 0.1) is 32.5 Å². The number of aliphatic hydroxyl groups excluding tert-OH is 9. The van der Waals surface area contributed by atoms with E-state index >= 15 is 0 Å². The molecule has 0 unspecified atom stereocenters. The molecule has 4 rings (SSSR count). The molecular weight excluding hydrogens is 592 g/mol. The van der Waals surface area contributed by atoms with E-state index in [2.05, 4.69) is 13.5 Å². The predicted octanol–water partition coefficient (Wildman–Crippen LogP) is -0.904. The summed E-state index contributed by atoms with van der Waals surface area (Å²) in [4.78, 5) is 0. The Balaban J connectivity index is 1.39. The zero-order valence-corrected chi connectivity index (χ0v) is 26.5. The van der Waals surface area contributed by atoms with Crippen LogP contribution < -0.4 is 0 Å². The van der Waals surface area contributed by atoms with E-state index in [4.69, 9.17) is 18.9 Å². The van der Waals surface area contributed by atoms with Gasteiger partial charge in [0, 0.05) is 5.41 Å². The summed E-state index contributed by atoms with van der Waals surface area (Å²) in [6, 6.07) is 0. The highest BCUT2D eigenvalue weighted by atomic mass is 16.7. The van der Waals surface area contributed by atoms with E-state index in [1.807, 2.05) is 19.9 Å². The highest BCUT2D eigenvalue weighted by Crippen LogP contribution is 2.62.